The third-order valence-corrected chi connectivity index (χ3v) is 3.74. The predicted octanol–water partition coefficient (Wildman–Crippen LogP) is 3.88. The minimum absolute atomic E-state index is 0.0356. The van der Waals surface area contributed by atoms with E-state index in [-0.39, 0.29) is 11.9 Å². The summed E-state index contributed by atoms with van der Waals surface area (Å²) in [5.74, 6) is -0.189. The van der Waals surface area contributed by atoms with Gasteiger partial charge in [0.2, 0.25) is 0 Å². The van der Waals surface area contributed by atoms with Gasteiger partial charge in [-0.05, 0) is 49.2 Å². The van der Waals surface area contributed by atoms with Gasteiger partial charge in [0.05, 0.1) is 0 Å². The van der Waals surface area contributed by atoms with Gasteiger partial charge < -0.3 is 5.73 Å². The van der Waals surface area contributed by atoms with E-state index >= 15 is 0 Å². The molecule has 1 aromatic heterocycles. The third-order valence-electron chi connectivity index (χ3n) is 2.40. The van der Waals surface area contributed by atoms with Crippen molar-refractivity contribution in [3.8, 4) is 10.4 Å². The van der Waals surface area contributed by atoms with E-state index in [1.807, 2.05) is 32.0 Å². The first-order valence-electron chi connectivity index (χ1n) is 5.19. The van der Waals surface area contributed by atoms with Gasteiger partial charge in [-0.3, -0.25) is 0 Å². The molecule has 0 aliphatic carbocycles. The number of halogens is 1. The molecule has 0 aliphatic rings. The SMILES string of the molecule is Cc1cc(F)cc(-c2ccc(C(C)N)s2)c1. The van der Waals surface area contributed by atoms with Crippen LogP contribution in [0, 0.1) is 12.7 Å². The minimum Gasteiger partial charge on any atom is -0.324 e. The topological polar surface area (TPSA) is 26.0 Å². The van der Waals surface area contributed by atoms with Gasteiger partial charge in [-0.1, -0.05) is 6.07 Å². The van der Waals surface area contributed by atoms with Crippen LogP contribution in [-0.4, -0.2) is 0 Å². The average Bonchev–Trinajstić information content (AvgIpc) is 2.64. The van der Waals surface area contributed by atoms with Gasteiger partial charge in [-0.15, -0.1) is 11.3 Å². The monoisotopic (exact) mass is 235 g/mol. The summed E-state index contributed by atoms with van der Waals surface area (Å²) in [4.78, 5) is 2.19. The molecule has 16 heavy (non-hydrogen) atoms. The minimum atomic E-state index is -0.189. The molecule has 1 atom stereocenters. The first-order chi connectivity index (χ1) is 7.56. The van der Waals surface area contributed by atoms with E-state index in [0.717, 1.165) is 20.9 Å². The van der Waals surface area contributed by atoms with Crippen molar-refractivity contribution in [2.75, 3.05) is 0 Å². The zero-order valence-corrected chi connectivity index (χ0v) is 10.1. The van der Waals surface area contributed by atoms with Gasteiger partial charge in [0, 0.05) is 15.8 Å². The van der Waals surface area contributed by atoms with Crippen molar-refractivity contribution in [1.82, 2.24) is 0 Å². The molecular weight excluding hydrogens is 221 g/mol. The summed E-state index contributed by atoms with van der Waals surface area (Å²) >= 11 is 1.62. The summed E-state index contributed by atoms with van der Waals surface area (Å²) in [6.45, 7) is 3.85. The van der Waals surface area contributed by atoms with Gasteiger partial charge in [0.25, 0.3) is 0 Å². The maximum absolute atomic E-state index is 13.3. The average molecular weight is 235 g/mol. The van der Waals surface area contributed by atoms with Gasteiger partial charge in [-0.2, -0.15) is 0 Å². The first-order valence-corrected chi connectivity index (χ1v) is 6.01. The summed E-state index contributed by atoms with van der Waals surface area (Å²) in [7, 11) is 0. The lowest BCUT2D eigenvalue weighted by Crippen LogP contribution is -2.01. The molecule has 1 unspecified atom stereocenters. The molecule has 0 amide bonds. The Morgan fingerprint density at radius 1 is 1.25 bits per heavy atom. The van der Waals surface area contributed by atoms with Crippen molar-refractivity contribution < 1.29 is 4.39 Å². The highest BCUT2D eigenvalue weighted by Crippen LogP contribution is 2.31. The Labute approximate surface area is 98.7 Å². The second-order valence-electron chi connectivity index (χ2n) is 4.01. The van der Waals surface area contributed by atoms with Crippen LogP contribution in [0.5, 0.6) is 0 Å². The van der Waals surface area contributed by atoms with Gasteiger partial charge in [0.15, 0.2) is 0 Å². The van der Waals surface area contributed by atoms with Gasteiger partial charge >= 0.3 is 0 Å². The molecule has 0 saturated carbocycles. The van der Waals surface area contributed by atoms with Crippen molar-refractivity contribution in [2.45, 2.75) is 19.9 Å². The quantitative estimate of drug-likeness (QED) is 0.839. The smallest absolute Gasteiger partial charge is 0.124 e. The van der Waals surface area contributed by atoms with E-state index in [2.05, 4.69) is 0 Å². The standard InChI is InChI=1S/C13H14FNS/c1-8-5-10(7-11(14)6-8)13-4-3-12(16-13)9(2)15/h3-7,9H,15H2,1-2H3. The Bertz CT molecular complexity index is 482. The highest BCUT2D eigenvalue weighted by atomic mass is 32.1. The normalized spacial score (nSPS) is 12.8. The summed E-state index contributed by atoms with van der Waals surface area (Å²) in [5, 5.41) is 0. The van der Waals surface area contributed by atoms with Crippen LogP contribution in [0.2, 0.25) is 0 Å². The zero-order valence-electron chi connectivity index (χ0n) is 9.33. The molecule has 3 heteroatoms. The molecule has 0 saturated heterocycles. The van der Waals surface area contributed by atoms with Crippen LogP contribution >= 0.6 is 11.3 Å². The molecule has 84 valence electrons. The highest BCUT2D eigenvalue weighted by Gasteiger charge is 2.07. The number of hydrogen-bond donors (Lipinski definition) is 1. The Balaban J connectivity index is 2.42. The summed E-state index contributed by atoms with van der Waals surface area (Å²) < 4.78 is 13.3. The molecule has 0 spiro atoms. The number of benzene rings is 1. The van der Waals surface area contributed by atoms with Crippen molar-refractivity contribution >= 4 is 11.3 Å². The van der Waals surface area contributed by atoms with Crippen LogP contribution in [0.4, 0.5) is 4.39 Å². The number of thiophene rings is 1. The maximum Gasteiger partial charge on any atom is 0.124 e. The van der Waals surface area contributed by atoms with Crippen LogP contribution in [0.15, 0.2) is 30.3 Å². The molecule has 1 aromatic carbocycles. The third kappa shape index (κ3) is 2.31. The number of rotatable bonds is 2. The molecule has 0 radical (unpaired) electrons. The Morgan fingerprint density at radius 2 is 2.00 bits per heavy atom. The fraction of sp³-hybridized carbons (Fsp3) is 0.231. The first kappa shape index (κ1) is 11.3. The van der Waals surface area contributed by atoms with E-state index in [1.165, 1.54) is 6.07 Å². The van der Waals surface area contributed by atoms with E-state index < -0.39 is 0 Å². The van der Waals surface area contributed by atoms with Crippen LogP contribution in [0.25, 0.3) is 10.4 Å². The van der Waals surface area contributed by atoms with Crippen molar-refractivity contribution in [1.29, 1.82) is 0 Å². The second kappa shape index (κ2) is 4.36. The van der Waals surface area contributed by atoms with Crippen LogP contribution in [-0.2, 0) is 0 Å². The largest absolute Gasteiger partial charge is 0.324 e. The van der Waals surface area contributed by atoms with Crippen LogP contribution in [0.1, 0.15) is 23.4 Å². The van der Waals surface area contributed by atoms with Gasteiger partial charge in [-0.25, -0.2) is 4.39 Å². The van der Waals surface area contributed by atoms with Crippen molar-refractivity contribution in [3.63, 3.8) is 0 Å². The maximum atomic E-state index is 13.3. The fourth-order valence-electron chi connectivity index (χ4n) is 1.63. The summed E-state index contributed by atoms with van der Waals surface area (Å²) in [5.41, 5.74) is 7.66. The van der Waals surface area contributed by atoms with E-state index in [0.29, 0.717) is 0 Å². The van der Waals surface area contributed by atoms with Crippen molar-refractivity contribution in [2.24, 2.45) is 5.73 Å². The molecule has 1 heterocycles. The van der Waals surface area contributed by atoms with E-state index in [9.17, 15) is 4.39 Å². The summed E-state index contributed by atoms with van der Waals surface area (Å²) in [6, 6.07) is 9.11. The molecule has 2 rings (SSSR count). The number of nitrogens with two attached hydrogens (primary N) is 1. The van der Waals surface area contributed by atoms with E-state index in [1.54, 1.807) is 17.4 Å². The molecule has 1 nitrogen and oxygen atoms in total. The Kier molecular flexibility index (Phi) is 3.08. The molecule has 0 bridgehead atoms. The Hall–Kier alpha value is -1.19. The fourth-order valence-corrected chi connectivity index (χ4v) is 2.58. The predicted molar refractivity (Wildman–Crippen MR) is 67.1 cm³/mol. The van der Waals surface area contributed by atoms with E-state index in [4.69, 9.17) is 5.73 Å². The molecule has 0 fully saturated rings. The number of aryl methyl sites for hydroxylation is 1. The molecule has 2 aromatic rings. The zero-order chi connectivity index (χ0) is 11.7. The Morgan fingerprint density at radius 3 is 2.56 bits per heavy atom. The lowest BCUT2D eigenvalue weighted by atomic mass is 10.1. The van der Waals surface area contributed by atoms with Crippen LogP contribution < -0.4 is 5.73 Å². The molecule has 0 aliphatic heterocycles. The van der Waals surface area contributed by atoms with Crippen molar-refractivity contribution in [3.05, 3.63) is 46.6 Å². The molecular formula is C13H14FNS. The van der Waals surface area contributed by atoms with Gasteiger partial charge in [0.1, 0.15) is 5.82 Å². The highest BCUT2D eigenvalue weighted by molar-refractivity contribution is 7.15. The molecule has 2 N–H and O–H groups in total. The summed E-state index contributed by atoms with van der Waals surface area (Å²) in [6.07, 6.45) is 0. The lowest BCUT2D eigenvalue weighted by molar-refractivity contribution is 0.627. The van der Waals surface area contributed by atoms with Crippen LogP contribution in [0.3, 0.4) is 0 Å². The lowest BCUT2D eigenvalue weighted by Gasteiger charge is -2.01. The number of hydrogen-bond acceptors (Lipinski definition) is 2. The second-order valence-corrected chi connectivity index (χ2v) is 5.12.